The first-order valence-corrected chi connectivity index (χ1v) is 4.46. The summed E-state index contributed by atoms with van der Waals surface area (Å²) in [5.41, 5.74) is 5.62. The quantitative estimate of drug-likeness (QED) is 0.729. The number of nitrogens with one attached hydrogen (secondary N) is 1. The van der Waals surface area contributed by atoms with E-state index in [-0.39, 0.29) is 5.91 Å². The van der Waals surface area contributed by atoms with Gasteiger partial charge in [0.1, 0.15) is 0 Å². The number of nitrogens with two attached hydrogens (primary N) is 1. The van der Waals surface area contributed by atoms with Crippen LogP contribution >= 0.6 is 0 Å². The second kappa shape index (κ2) is 4.19. The number of hydrogen-bond donors (Lipinski definition) is 2. The normalized spacial score (nSPS) is 11.3. The molecule has 0 unspecified atom stereocenters. The van der Waals surface area contributed by atoms with Crippen molar-refractivity contribution in [3.8, 4) is 0 Å². The lowest BCUT2D eigenvalue weighted by Gasteiger charge is -2.22. The van der Waals surface area contributed by atoms with Crippen LogP contribution < -0.4 is 11.1 Å². The van der Waals surface area contributed by atoms with Crippen LogP contribution in [-0.2, 0) is 11.3 Å². The molecule has 0 radical (unpaired) electrons. The Morgan fingerprint density at radius 2 is 2.07 bits per heavy atom. The molecule has 1 amide bonds. The first kappa shape index (κ1) is 10.7. The zero-order valence-corrected chi connectivity index (χ0v) is 8.45. The van der Waals surface area contributed by atoms with Crippen LogP contribution in [0.4, 0.5) is 0 Å². The zero-order valence-electron chi connectivity index (χ0n) is 8.45. The third kappa shape index (κ3) is 2.81. The molecule has 14 heavy (non-hydrogen) atoms. The Hall–Kier alpha value is -1.42. The van der Waals surface area contributed by atoms with E-state index in [0.29, 0.717) is 6.54 Å². The van der Waals surface area contributed by atoms with E-state index in [0.717, 1.165) is 5.56 Å². The molecule has 1 heterocycles. The minimum absolute atomic E-state index is 0.355. The summed E-state index contributed by atoms with van der Waals surface area (Å²) in [6.07, 6.45) is 3.43. The van der Waals surface area contributed by atoms with Gasteiger partial charge in [-0.1, -0.05) is 0 Å². The Kier molecular flexibility index (Phi) is 3.19. The lowest BCUT2D eigenvalue weighted by molar-refractivity contribution is -0.123. The van der Waals surface area contributed by atoms with Gasteiger partial charge < -0.3 is 5.73 Å². The number of carbonyl (C=O) groups is 1. The summed E-state index contributed by atoms with van der Waals surface area (Å²) in [6, 6.07) is 3.79. The van der Waals surface area contributed by atoms with Crippen molar-refractivity contribution < 1.29 is 4.79 Å². The molecule has 4 nitrogen and oxygen atoms in total. The third-order valence-corrected chi connectivity index (χ3v) is 2.10. The third-order valence-electron chi connectivity index (χ3n) is 2.10. The van der Waals surface area contributed by atoms with E-state index in [4.69, 9.17) is 5.73 Å². The molecule has 0 aliphatic heterocycles. The number of pyridine rings is 1. The van der Waals surface area contributed by atoms with Crippen molar-refractivity contribution in [3.63, 3.8) is 0 Å². The number of carbonyl (C=O) groups excluding carboxylic acids is 1. The summed E-state index contributed by atoms with van der Waals surface area (Å²) in [4.78, 5) is 14.9. The maximum Gasteiger partial charge on any atom is 0.237 e. The summed E-state index contributed by atoms with van der Waals surface area (Å²) in [6.45, 7) is 4.13. The van der Waals surface area contributed by atoms with E-state index >= 15 is 0 Å². The maximum atomic E-state index is 11.0. The van der Waals surface area contributed by atoms with Crippen LogP contribution in [0.15, 0.2) is 24.5 Å². The summed E-state index contributed by atoms with van der Waals surface area (Å²) in [5.74, 6) is -0.355. The molecular weight excluding hydrogens is 178 g/mol. The molecule has 3 N–H and O–H groups in total. The van der Waals surface area contributed by atoms with Crippen molar-refractivity contribution in [2.75, 3.05) is 0 Å². The van der Waals surface area contributed by atoms with Crippen molar-refractivity contribution in [1.82, 2.24) is 10.3 Å². The van der Waals surface area contributed by atoms with Crippen molar-refractivity contribution in [3.05, 3.63) is 30.1 Å². The van der Waals surface area contributed by atoms with Gasteiger partial charge in [0, 0.05) is 18.9 Å². The van der Waals surface area contributed by atoms with Gasteiger partial charge >= 0.3 is 0 Å². The molecule has 0 fully saturated rings. The number of amides is 1. The largest absolute Gasteiger partial charge is 0.368 e. The van der Waals surface area contributed by atoms with E-state index in [9.17, 15) is 4.79 Å². The monoisotopic (exact) mass is 193 g/mol. The molecule has 0 spiro atoms. The highest BCUT2D eigenvalue weighted by molar-refractivity contribution is 5.83. The smallest absolute Gasteiger partial charge is 0.237 e. The fourth-order valence-electron chi connectivity index (χ4n) is 0.911. The lowest BCUT2D eigenvalue weighted by Crippen LogP contribution is -2.50. The highest BCUT2D eigenvalue weighted by Gasteiger charge is 2.23. The average molecular weight is 193 g/mol. The van der Waals surface area contributed by atoms with Gasteiger partial charge in [0.15, 0.2) is 0 Å². The van der Waals surface area contributed by atoms with Gasteiger partial charge in [-0.3, -0.25) is 15.1 Å². The standard InChI is InChI=1S/C10H15N3O/c1-10(2,9(11)14)13-7-8-3-5-12-6-4-8/h3-6,13H,7H2,1-2H3,(H2,11,14). The van der Waals surface area contributed by atoms with Crippen LogP contribution in [0.3, 0.4) is 0 Å². The van der Waals surface area contributed by atoms with Crippen LogP contribution in [0.1, 0.15) is 19.4 Å². The Bertz CT molecular complexity index is 308. The van der Waals surface area contributed by atoms with Crippen molar-refractivity contribution in [2.24, 2.45) is 5.73 Å². The first-order chi connectivity index (χ1) is 6.52. The predicted molar refractivity (Wildman–Crippen MR) is 54.4 cm³/mol. The van der Waals surface area contributed by atoms with Crippen LogP contribution in [0.25, 0.3) is 0 Å². The molecule has 1 aromatic heterocycles. The fraction of sp³-hybridized carbons (Fsp3) is 0.400. The van der Waals surface area contributed by atoms with E-state index < -0.39 is 5.54 Å². The molecule has 1 aromatic rings. The van der Waals surface area contributed by atoms with Gasteiger partial charge in [-0.25, -0.2) is 0 Å². The number of primary amides is 1. The molecule has 0 aliphatic rings. The SMILES string of the molecule is CC(C)(NCc1ccncc1)C(N)=O. The van der Waals surface area contributed by atoms with E-state index in [1.165, 1.54) is 0 Å². The Morgan fingerprint density at radius 1 is 1.50 bits per heavy atom. The minimum Gasteiger partial charge on any atom is -0.368 e. The molecule has 0 atom stereocenters. The van der Waals surface area contributed by atoms with Gasteiger partial charge in [0.05, 0.1) is 5.54 Å². The van der Waals surface area contributed by atoms with Crippen molar-refractivity contribution in [2.45, 2.75) is 25.9 Å². The van der Waals surface area contributed by atoms with Gasteiger partial charge in [-0.15, -0.1) is 0 Å². The van der Waals surface area contributed by atoms with E-state index in [2.05, 4.69) is 10.3 Å². The number of nitrogens with zero attached hydrogens (tertiary/aromatic N) is 1. The lowest BCUT2D eigenvalue weighted by atomic mass is 10.0. The van der Waals surface area contributed by atoms with Crippen LogP contribution in [0, 0.1) is 0 Å². The molecular formula is C10H15N3O. The number of hydrogen-bond acceptors (Lipinski definition) is 3. The fourth-order valence-corrected chi connectivity index (χ4v) is 0.911. The van der Waals surface area contributed by atoms with Gasteiger partial charge in [0.25, 0.3) is 0 Å². The van der Waals surface area contributed by atoms with Gasteiger partial charge in [-0.2, -0.15) is 0 Å². The van der Waals surface area contributed by atoms with Crippen LogP contribution in [-0.4, -0.2) is 16.4 Å². The molecule has 0 aliphatic carbocycles. The van der Waals surface area contributed by atoms with Crippen molar-refractivity contribution in [1.29, 1.82) is 0 Å². The van der Waals surface area contributed by atoms with Gasteiger partial charge in [0.2, 0.25) is 5.91 Å². The first-order valence-electron chi connectivity index (χ1n) is 4.46. The molecule has 76 valence electrons. The highest BCUT2D eigenvalue weighted by atomic mass is 16.1. The molecule has 0 saturated heterocycles. The number of aromatic nitrogens is 1. The Morgan fingerprint density at radius 3 is 2.57 bits per heavy atom. The van der Waals surface area contributed by atoms with Crippen LogP contribution in [0.5, 0.6) is 0 Å². The second-order valence-corrected chi connectivity index (χ2v) is 3.70. The molecule has 4 heteroatoms. The molecule has 0 bridgehead atoms. The Balaban J connectivity index is 2.53. The topological polar surface area (TPSA) is 68.0 Å². The van der Waals surface area contributed by atoms with E-state index in [1.807, 2.05) is 12.1 Å². The summed E-state index contributed by atoms with van der Waals surface area (Å²) in [7, 11) is 0. The summed E-state index contributed by atoms with van der Waals surface area (Å²) >= 11 is 0. The second-order valence-electron chi connectivity index (χ2n) is 3.70. The predicted octanol–water partition coefficient (Wildman–Crippen LogP) is 0.435. The highest BCUT2D eigenvalue weighted by Crippen LogP contribution is 2.03. The average Bonchev–Trinajstić information content (AvgIpc) is 2.16. The zero-order chi connectivity index (χ0) is 10.6. The van der Waals surface area contributed by atoms with E-state index in [1.54, 1.807) is 26.2 Å². The molecule has 0 saturated carbocycles. The number of rotatable bonds is 4. The summed E-state index contributed by atoms with van der Waals surface area (Å²) in [5, 5.41) is 3.07. The summed E-state index contributed by atoms with van der Waals surface area (Å²) < 4.78 is 0. The van der Waals surface area contributed by atoms with Crippen LogP contribution in [0.2, 0.25) is 0 Å². The Labute approximate surface area is 83.5 Å². The molecule has 0 aromatic carbocycles. The van der Waals surface area contributed by atoms with Gasteiger partial charge in [-0.05, 0) is 31.5 Å². The maximum absolute atomic E-state index is 11.0. The minimum atomic E-state index is -0.677. The van der Waals surface area contributed by atoms with Crippen molar-refractivity contribution >= 4 is 5.91 Å². The molecule has 1 rings (SSSR count).